The van der Waals surface area contributed by atoms with Crippen LogP contribution in [0.4, 0.5) is 13.2 Å². The first-order valence-corrected chi connectivity index (χ1v) is 6.94. The Hall–Kier alpha value is -1.07. The molecule has 20 heavy (non-hydrogen) atoms. The van der Waals surface area contributed by atoms with E-state index in [1.54, 1.807) is 6.07 Å². The molecule has 0 aromatic heterocycles. The molecule has 2 bridgehead atoms. The molecule has 0 radical (unpaired) electrons. The number of piperidine rings is 1. The van der Waals surface area contributed by atoms with Gasteiger partial charge in [-0.3, -0.25) is 4.90 Å². The highest BCUT2D eigenvalue weighted by Crippen LogP contribution is 2.47. The fraction of sp³-hybridized carbons (Fsp3) is 0.600. The minimum Gasteiger partial charge on any atom is -0.383 e. The van der Waals surface area contributed by atoms with Gasteiger partial charge in [0.05, 0.1) is 5.56 Å². The van der Waals surface area contributed by atoms with E-state index in [9.17, 15) is 18.3 Å². The van der Waals surface area contributed by atoms with Crippen LogP contribution in [0.25, 0.3) is 0 Å². The Labute approximate surface area is 116 Å². The van der Waals surface area contributed by atoms with Crippen LogP contribution < -0.4 is 0 Å². The molecule has 0 spiro atoms. The Kier molecular flexibility index (Phi) is 3.10. The first kappa shape index (κ1) is 13.9. The average Bonchev–Trinajstić information content (AvgIpc) is 2.55. The number of fused-ring (bicyclic) bond motifs is 2. The van der Waals surface area contributed by atoms with Crippen LogP contribution in [-0.4, -0.2) is 29.1 Å². The van der Waals surface area contributed by atoms with Crippen molar-refractivity contribution < 1.29 is 18.3 Å². The van der Waals surface area contributed by atoms with Crippen molar-refractivity contribution in [2.24, 2.45) is 0 Å². The molecule has 1 N–H and O–H groups in total. The van der Waals surface area contributed by atoms with Gasteiger partial charge in [0.15, 0.2) is 0 Å². The third-order valence-corrected chi connectivity index (χ3v) is 4.87. The molecule has 2 aliphatic rings. The molecule has 5 heteroatoms. The van der Waals surface area contributed by atoms with Crippen LogP contribution in [0.5, 0.6) is 0 Å². The third kappa shape index (κ3) is 2.04. The molecule has 3 unspecified atom stereocenters. The van der Waals surface area contributed by atoms with Gasteiger partial charge in [0.1, 0.15) is 5.60 Å². The summed E-state index contributed by atoms with van der Waals surface area (Å²) >= 11 is 0. The van der Waals surface area contributed by atoms with Gasteiger partial charge in [0.25, 0.3) is 0 Å². The zero-order valence-corrected chi connectivity index (χ0v) is 11.3. The van der Waals surface area contributed by atoms with Gasteiger partial charge in [0, 0.05) is 12.1 Å². The lowest BCUT2D eigenvalue weighted by Crippen LogP contribution is -2.43. The number of hydrogen-bond acceptors (Lipinski definition) is 2. The number of alkyl halides is 3. The molecule has 0 amide bonds. The molecule has 2 fully saturated rings. The third-order valence-electron chi connectivity index (χ3n) is 4.87. The van der Waals surface area contributed by atoms with Gasteiger partial charge in [0.2, 0.25) is 0 Å². The summed E-state index contributed by atoms with van der Waals surface area (Å²) in [5, 5.41) is 11.0. The average molecular weight is 285 g/mol. The van der Waals surface area contributed by atoms with Crippen molar-refractivity contribution in [3.8, 4) is 0 Å². The van der Waals surface area contributed by atoms with Crippen molar-refractivity contribution >= 4 is 0 Å². The summed E-state index contributed by atoms with van der Waals surface area (Å²) < 4.78 is 38.5. The highest BCUT2D eigenvalue weighted by Gasteiger charge is 2.52. The molecule has 3 rings (SSSR count). The fourth-order valence-corrected chi connectivity index (χ4v) is 3.80. The summed E-state index contributed by atoms with van der Waals surface area (Å²) in [7, 11) is 1.96. The Bertz CT molecular complexity index is 516. The lowest BCUT2D eigenvalue weighted by molar-refractivity contribution is -0.137. The Balaban J connectivity index is 2.00. The molecule has 2 nitrogen and oxygen atoms in total. The number of rotatable bonds is 1. The maximum absolute atomic E-state index is 12.8. The normalized spacial score (nSPS) is 34.5. The highest BCUT2D eigenvalue weighted by atomic mass is 19.4. The lowest BCUT2D eigenvalue weighted by atomic mass is 9.84. The quantitative estimate of drug-likeness (QED) is 0.857. The first-order valence-electron chi connectivity index (χ1n) is 6.94. The Morgan fingerprint density at radius 1 is 1.30 bits per heavy atom. The van der Waals surface area contributed by atoms with E-state index in [4.69, 9.17) is 0 Å². The standard InChI is InChI=1S/C15H18F3NO/c1-19-12-6-3-7-13(19)14(20,9-12)10-4-2-5-11(8-10)15(16,17)18/h2,4-5,8,12-13,20H,3,6-7,9H2,1H3. The van der Waals surface area contributed by atoms with Gasteiger partial charge in [-0.05, 0) is 44.0 Å². The Morgan fingerprint density at radius 3 is 2.70 bits per heavy atom. The van der Waals surface area contributed by atoms with Gasteiger partial charge in [-0.25, -0.2) is 0 Å². The maximum atomic E-state index is 12.8. The van der Waals surface area contributed by atoms with E-state index in [0.29, 0.717) is 12.0 Å². The summed E-state index contributed by atoms with van der Waals surface area (Å²) in [5.74, 6) is 0. The van der Waals surface area contributed by atoms with E-state index >= 15 is 0 Å². The first-order chi connectivity index (χ1) is 9.32. The van der Waals surface area contributed by atoms with Crippen LogP contribution in [0.2, 0.25) is 0 Å². The van der Waals surface area contributed by atoms with Crippen LogP contribution in [0, 0.1) is 0 Å². The van der Waals surface area contributed by atoms with Crippen LogP contribution in [0.1, 0.15) is 36.8 Å². The van der Waals surface area contributed by atoms with Gasteiger partial charge < -0.3 is 5.11 Å². The minimum absolute atomic E-state index is 0.0790. The van der Waals surface area contributed by atoms with E-state index in [1.165, 1.54) is 6.07 Å². The van der Waals surface area contributed by atoms with E-state index in [0.717, 1.165) is 31.4 Å². The lowest BCUT2D eigenvalue weighted by Gasteiger charge is -2.36. The van der Waals surface area contributed by atoms with Crippen LogP contribution in [0.15, 0.2) is 24.3 Å². The van der Waals surface area contributed by atoms with Gasteiger partial charge >= 0.3 is 6.18 Å². The van der Waals surface area contributed by atoms with Crippen LogP contribution >= 0.6 is 0 Å². The van der Waals surface area contributed by atoms with Crippen molar-refractivity contribution in [1.82, 2.24) is 4.90 Å². The van der Waals surface area contributed by atoms with Crippen molar-refractivity contribution in [2.45, 2.75) is 49.5 Å². The van der Waals surface area contributed by atoms with E-state index in [1.807, 2.05) is 7.05 Å². The smallest absolute Gasteiger partial charge is 0.383 e. The summed E-state index contributed by atoms with van der Waals surface area (Å²) in [6, 6.07) is 5.35. The van der Waals surface area contributed by atoms with E-state index < -0.39 is 17.3 Å². The summed E-state index contributed by atoms with van der Waals surface area (Å²) in [6.45, 7) is 0. The molecule has 1 aromatic carbocycles. The maximum Gasteiger partial charge on any atom is 0.416 e. The van der Waals surface area contributed by atoms with Gasteiger partial charge in [-0.1, -0.05) is 18.6 Å². The van der Waals surface area contributed by atoms with Crippen molar-refractivity contribution in [3.63, 3.8) is 0 Å². The SMILES string of the molecule is CN1C2CCCC1C(O)(c1cccc(C(F)(F)F)c1)C2. The fourth-order valence-electron chi connectivity index (χ4n) is 3.80. The molecular weight excluding hydrogens is 267 g/mol. The monoisotopic (exact) mass is 285 g/mol. The summed E-state index contributed by atoms with van der Waals surface area (Å²) in [4.78, 5) is 2.13. The molecule has 110 valence electrons. The minimum atomic E-state index is -4.37. The van der Waals surface area contributed by atoms with Crippen molar-refractivity contribution in [3.05, 3.63) is 35.4 Å². The van der Waals surface area contributed by atoms with E-state index in [2.05, 4.69) is 4.90 Å². The number of hydrogen-bond donors (Lipinski definition) is 1. The van der Waals surface area contributed by atoms with Gasteiger partial charge in [-0.2, -0.15) is 13.2 Å². The molecule has 2 heterocycles. The van der Waals surface area contributed by atoms with Crippen molar-refractivity contribution in [2.75, 3.05) is 7.05 Å². The molecule has 2 aliphatic heterocycles. The largest absolute Gasteiger partial charge is 0.416 e. The molecule has 2 saturated heterocycles. The predicted molar refractivity (Wildman–Crippen MR) is 69.1 cm³/mol. The zero-order chi connectivity index (χ0) is 14.5. The van der Waals surface area contributed by atoms with E-state index in [-0.39, 0.29) is 12.1 Å². The number of likely N-dealkylation sites (N-methyl/N-ethyl adjacent to an activating group) is 1. The van der Waals surface area contributed by atoms with Gasteiger partial charge in [-0.15, -0.1) is 0 Å². The second-order valence-corrected chi connectivity index (χ2v) is 5.97. The van der Waals surface area contributed by atoms with Crippen molar-refractivity contribution in [1.29, 1.82) is 0 Å². The molecular formula is C15H18F3NO. The second-order valence-electron chi connectivity index (χ2n) is 5.97. The molecule has 3 atom stereocenters. The number of benzene rings is 1. The summed E-state index contributed by atoms with van der Waals surface area (Å²) in [6.07, 6.45) is -0.976. The predicted octanol–water partition coefficient (Wildman–Crippen LogP) is 3.15. The number of halogens is 3. The summed E-state index contributed by atoms with van der Waals surface area (Å²) in [5.41, 5.74) is -1.45. The topological polar surface area (TPSA) is 23.5 Å². The number of nitrogens with zero attached hydrogens (tertiary/aromatic N) is 1. The van der Waals surface area contributed by atoms with Crippen LogP contribution in [0.3, 0.4) is 0 Å². The highest BCUT2D eigenvalue weighted by molar-refractivity contribution is 5.33. The van der Waals surface area contributed by atoms with Crippen LogP contribution in [-0.2, 0) is 11.8 Å². The zero-order valence-electron chi connectivity index (χ0n) is 11.3. The second kappa shape index (κ2) is 4.46. The molecule has 0 saturated carbocycles. The Morgan fingerprint density at radius 2 is 2.05 bits per heavy atom. The number of aliphatic hydroxyl groups is 1. The molecule has 0 aliphatic carbocycles. The molecule has 1 aromatic rings.